The molecule has 1 atom stereocenters. The molecule has 25 heavy (non-hydrogen) atoms. The SMILES string of the molecule is CC(C)Cn1nnnc1SC(C)C(=O)NC(=O)NCc1ccccc1. The summed E-state index contributed by atoms with van der Waals surface area (Å²) in [5.74, 6) is -0.00888. The number of carbonyl (C=O) groups excluding carboxylic acids is 2. The van der Waals surface area contributed by atoms with E-state index < -0.39 is 17.2 Å². The molecule has 0 saturated heterocycles. The molecule has 0 fully saturated rings. The van der Waals surface area contributed by atoms with Gasteiger partial charge in [0.25, 0.3) is 0 Å². The molecule has 0 aliphatic heterocycles. The van der Waals surface area contributed by atoms with Crippen LogP contribution in [0, 0.1) is 5.92 Å². The van der Waals surface area contributed by atoms with E-state index in [-0.39, 0.29) is 0 Å². The summed E-state index contributed by atoms with van der Waals surface area (Å²) < 4.78 is 1.66. The number of amides is 3. The molecule has 1 aromatic heterocycles. The number of benzene rings is 1. The number of carbonyl (C=O) groups is 2. The molecule has 1 unspecified atom stereocenters. The summed E-state index contributed by atoms with van der Waals surface area (Å²) in [5.41, 5.74) is 0.959. The van der Waals surface area contributed by atoms with Crippen LogP contribution in [0.2, 0.25) is 0 Å². The Labute approximate surface area is 150 Å². The van der Waals surface area contributed by atoms with Crippen molar-refractivity contribution < 1.29 is 9.59 Å². The van der Waals surface area contributed by atoms with Crippen LogP contribution in [0.1, 0.15) is 26.3 Å². The lowest BCUT2D eigenvalue weighted by molar-refractivity contribution is -0.119. The molecule has 9 heteroatoms. The molecule has 0 bridgehead atoms. The van der Waals surface area contributed by atoms with Gasteiger partial charge in [0.2, 0.25) is 11.1 Å². The largest absolute Gasteiger partial charge is 0.334 e. The summed E-state index contributed by atoms with van der Waals surface area (Å²) in [6.07, 6.45) is 0. The van der Waals surface area contributed by atoms with Crippen LogP contribution in [-0.4, -0.2) is 37.4 Å². The summed E-state index contributed by atoms with van der Waals surface area (Å²) in [6, 6.07) is 8.95. The van der Waals surface area contributed by atoms with Gasteiger partial charge in [0.05, 0.1) is 5.25 Å². The maximum atomic E-state index is 12.2. The van der Waals surface area contributed by atoms with E-state index in [1.807, 2.05) is 30.3 Å². The molecule has 0 spiro atoms. The van der Waals surface area contributed by atoms with Crippen LogP contribution in [0.3, 0.4) is 0 Å². The first kappa shape index (κ1) is 18.9. The molecule has 1 aromatic carbocycles. The fourth-order valence-electron chi connectivity index (χ4n) is 1.99. The van der Waals surface area contributed by atoms with Crippen molar-refractivity contribution in [2.45, 2.75) is 44.3 Å². The van der Waals surface area contributed by atoms with Gasteiger partial charge < -0.3 is 5.32 Å². The second kappa shape index (κ2) is 9.16. The molecule has 1 heterocycles. The molecule has 0 aliphatic rings. The van der Waals surface area contributed by atoms with Crippen molar-refractivity contribution in [3.05, 3.63) is 35.9 Å². The number of tetrazole rings is 1. The van der Waals surface area contributed by atoms with Gasteiger partial charge in [-0.3, -0.25) is 10.1 Å². The number of hydrogen-bond donors (Lipinski definition) is 2. The third kappa shape index (κ3) is 6.18. The Morgan fingerprint density at radius 3 is 2.60 bits per heavy atom. The summed E-state index contributed by atoms with van der Waals surface area (Å²) in [7, 11) is 0. The van der Waals surface area contributed by atoms with E-state index in [0.29, 0.717) is 24.2 Å². The standard InChI is InChI=1S/C16H22N6O2S/c1-11(2)10-22-16(19-20-21-22)25-12(3)14(23)18-15(24)17-9-13-7-5-4-6-8-13/h4-8,11-12H,9-10H2,1-3H3,(H2,17,18,23,24). The Balaban J connectivity index is 1.81. The number of nitrogens with one attached hydrogen (secondary N) is 2. The van der Waals surface area contributed by atoms with Gasteiger partial charge in [-0.1, -0.05) is 55.9 Å². The first-order valence-corrected chi connectivity index (χ1v) is 8.89. The lowest BCUT2D eigenvalue weighted by Crippen LogP contribution is -2.42. The number of hydrogen-bond acceptors (Lipinski definition) is 6. The monoisotopic (exact) mass is 362 g/mol. The van der Waals surface area contributed by atoms with E-state index in [0.717, 1.165) is 5.56 Å². The normalized spacial score (nSPS) is 12.0. The van der Waals surface area contributed by atoms with Crippen LogP contribution < -0.4 is 10.6 Å². The van der Waals surface area contributed by atoms with Gasteiger partial charge in [-0.2, -0.15) is 0 Å². The second-order valence-electron chi connectivity index (χ2n) is 5.96. The highest BCUT2D eigenvalue weighted by molar-refractivity contribution is 8.00. The number of rotatable bonds is 7. The molecule has 0 radical (unpaired) electrons. The Morgan fingerprint density at radius 1 is 1.20 bits per heavy atom. The number of imide groups is 1. The molecule has 3 amide bonds. The van der Waals surface area contributed by atoms with Crippen LogP contribution in [0.4, 0.5) is 4.79 Å². The lowest BCUT2D eigenvalue weighted by Gasteiger charge is -2.12. The molecule has 2 N–H and O–H groups in total. The van der Waals surface area contributed by atoms with Gasteiger partial charge in [0, 0.05) is 13.1 Å². The maximum absolute atomic E-state index is 12.2. The third-order valence-electron chi connectivity index (χ3n) is 3.22. The van der Waals surface area contributed by atoms with Crippen LogP contribution in [-0.2, 0) is 17.9 Å². The van der Waals surface area contributed by atoms with E-state index in [9.17, 15) is 9.59 Å². The minimum absolute atomic E-state index is 0.355. The van der Waals surface area contributed by atoms with Gasteiger partial charge in [-0.15, -0.1) is 5.10 Å². The van der Waals surface area contributed by atoms with Crippen LogP contribution in [0.25, 0.3) is 0 Å². The molecular weight excluding hydrogens is 340 g/mol. The predicted molar refractivity (Wildman–Crippen MR) is 94.8 cm³/mol. The van der Waals surface area contributed by atoms with E-state index in [1.54, 1.807) is 11.6 Å². The van der Waals surface area contributed by atoms with Crippen molar-refractivity contribution in [2.24, 2.45) is 5.92 Å². The first-order valence-electron chi connectivity index (χ1n) is 8.01. The number of urea groups is 1. The molecule has 2 rings (SSSR count). The smallest absolute Gasteiger partial charge is 0.321 e. The molecule has 134 valence electrons. The van der Waals surface area contributed by atoms with Crippen LogP contribution in [0.15, 0.2) is 35.5 Å². The summed E-state index contributed by atoms with van der Waals surface area (Å²) in [6.45, 7) is 6.85. The predicted octanol–water partition coefficient (Wildman–Crippen LogP) is 1.84. The minimum atomic E-state index is -0.525. The quantitative estimate of drug-likeness (QED) is 0.729. The topological polar surface area (TPSA) is 102 Å². The molecule has 0 saturated carbocycles. The average Bonchev–Trinajstić information content (AvgIpc) is 3.00. The van der Waals surface area contributed by atoms with E-state index in [2.05, 4.69) is 40.0 Å². The Kier molecular flexibility index (Phi) is 6.93. The van der Waals surface area contributed by atoms with E-state index >= 15 is 0 Å². The lowest BCUT2D eigenvalue weighted by atomic mass is 10.2. The zero-order chi connectivity index (χ0) is 18.2. The highest BCUT2D eigenvalue weighted by Crippen LogP contribution is 2.20. The van der Waals surface area contributed by atoms with E-state index in [4.69, 9.17) is 0 Å². The molecule has 2 aromatic rings. The van der Waals surface area contributed by atoms with Gasteiger partial charge >= 0.3 is 6.03 Å². The summed E-state index contributed by atoms with van der Waals surface area (Å²) in [5, 5.41) is 16.5. The number of nitrogens with zero attached hydrogens (tertiary/aromatic N) is 4. The fourth-order valence-corrected chi connectivity index (χ4v) is 2.79. The molecular formula is C16H22N6O2S. The van der Waals surface area contributed by atoms with Crippen molar-refractivity contribution >= 4 is 23.7 Å². The van der Waals surface area contributed by atoms with Crippen molar-refractivity contribution in [3.63, 3.8) is 0 Å². The zero-order valence-corrected chi connectivity index (χ0v) is 15.3. The Hall–Kier alpha value is -2.42. The van der Waals surface area contributed by atoms with Crippen molar-refractivity contribution in [3.8, 4) is 0 Å². The fraction of sp³-hybridized carbons (Fsp3) is 0.438. The molecule has 0 aliphatic carbocycles. The van der Waals surface area contributed by atoms with Crippen molar-refractivity contribution in [2.75, 3.05) is 0 Å². The highest BCUT2D eigenvalue weighted by Gasteiger charge is 2.20. The average molecular weight is 362 g/mol. The Bertz CT molecular complexity index is 704. The number of aromatic nitrogens is 4. The van der Waals surface area contributed by atoms with Gasteiger partial charge in [-0.05, 0) is 28.8 Å². The zero-order valence-electron chi connectivity index (χ0n) is 14.5. The minimum Gasteiger partial charge on any atom is -0.334 e. The van der Waals surface area contributed by atoms with E-state index in [1.165, 1.54) is 11.8 Å². The van der Waals surface area contributed by atoms with Crippen molar-refractivity contribution in [1.82, 2.24) is 30.8 Å². The maximum Gasteiger partial charge on any atom is 0.321 e. The number of thioether (sulfide) groups is 1. The first-order chi connectivity index (χ1) is 12.0. The summed E-state index contributed by atoms with van der Waals surface area (Å²) in [4.78, 5) is 24.0. The van der Waals surface area contributed by atoms with Gasteiger partial charge in [0.15, 0.2) is 0 Å². The van der Waals surface area contributed by atoms with Crippen LogP contribution in [0.5, 0.6) is 0 Å². The summed E-state index contributed by atoms with van der Waals surface area (Å²) >= 11 is 1.22. The van der Waals surface area contributed by atoms with Gasteiger partial charge in [0.1, 0.15) is 0 Å². The van der Waals surface area contributed by atoms with Crippen molar-refractivity contribution in [1.29, 1.82) is 0 Å². The van der Waals surface area contributed by atoms with Gasteiger partial charge in [-0.25, -0.2) is 9.48 Å². The van der Waals surface area contributed by atoms with Crippen LogP contribution >= 0.6 is 11.8 Å². The molecule has 8 nitrogen and oxygen atoms in total. The second-order valence-corrected chi connectivity index (χ2v) is 7.26. The highest BCUT2D eigenvalue weighted by atomic mass is 32.2. The Morgan fingerprint density at radius 2 is 1.92 bits per heavy atom. The third-order valence-corrected chi connectivity index (χ3v) is 4.29.